The number of hydrogen-bond acceptors (Lipinski definition) is 3. The molecule has 2 fully saturated rings. The summed E-state index contributed by atoms with van der Waals surface area (Å²) in [6.07, 6.45) is 2.00. The number of nitrogens with one attached hydrogen (secondary N) is 3. The van der Waals surface area contributed by atoms with Gasteiger partial charge in [-0.05, 0) is 19.4 Å². The van der Waals surface area contributed by atoms with Crippen LogP contribution in [0.1, 0.15) is 12.8 Å². The van der Waals surface area contributed by atoms with Gasteiger partial charge in [0.05, 0.1) is 0 Å². The molecule has 4 nitrogen and oxygen atoms in total. The second-order valence-corrected chi connectivity index (χ2v) is 2.51. The van der Waals surface area contributed by atoms with Gasteiger partial charge in [0.2, 0.25) is 0 Å². The molecule has 2 saturated heterocycles. The summed E-state index contributed by atoms with van der Waals surface area (Å²) in [7, 11) is 0. The Morgan fingerprint density at radius 3 is 2.67 bits per heavy atom. The molecule has 0 aliphatic carbocycles. The number of carbonyl (C=O) groups excluding carboxylic acids is 1. The highest BCUT2D eigenvalue weighted by molar-refractivity contribution is 5.90. The first-order valence-electron chi connectivity index (χ1n) is 3.16. The van der Waals surface area contributed by atoms with Crippen molar-refractivity contribution >= 4 is 5.91 Å². The Morgan fingerprint density at radius 1 is 1.56 bits per heavy atom. The zero-order valence-corrected chi connectivity index (χ0v) is 5.03. The molecule has 3 N–H and O–H groups in total. The lowest BCUT2D eigenvalue weighted by Gasteiger charge is -2.38. The molecule has 0 radical (unpaired) electrons. The maximum absolute atomic E-state index is 10.8. The summed E-state index contributed by atoms with van der Waals surface area (Å²) in [5, 5.41) is 3.10. The van der Waals surface area contributed by atoms with Gasteiger partial charge in [0, 0.05) is 0 Å². The molecule has 0 aromatic heterocycles. The summed E-state index contributed by atoms with van der Waals surface area (Å²) in [4.78, 5) is 10.8. The summed E-state index contributed by atoms with van der Waals surface area (Å²) < 4.78 is 0. The molecular weight excluding hydrogens is 118 g/mol. The molecule has 0 aromatic carbocycles. The molecule has 1 amide bonds. The van der Waals surface area contributed by atoms with Gasteiger partial charge < -0.3 is 0 Å². The Labute approximate surface area is 53.0 Å². The van der Waals surface area contributed by atoms with Crippen LogP contribution in [0, 0.1) is 0 Å². The molecule has 2 rings (SSSR count). The molecule has 0 bridgehead atoms. The predicted octanol–water partition coefficient (Wildman–Crippen LogP) is -1.30. The van der Waals surface area contributed by atoms with Crippen LogP contribution >= 0.6 is 0 Å². The maximum Gasteiger partial charge on any atom is 0.270 e. The van der Waals surface area contributed by atoms with Crippen molar-refractivity contribution in [2.45, 2.75) is 18.5 Å². The topological polar surface area (TPSA) is 53.2 Å². The largest absolute Gasteiger partial charge is 0.290 e. The lowest BCUT2D eigenvalue weighted by atomic mass is 10.1. The van der Waals surface area contributed by atoms with Crippen LogP contribution in [-0.4, -0.2) is 18.1 Å². The molecule has 0 saturated carbocycles. The van der Waals surface area contributed by atoms with Crippen LogP contribution in [0.2, 0.25) is 0 Å². The Hall–Kier alpha value is -0.610. The van der Waals surface area contributed by atoms with Crippen molar-refractivity contribution < 1.29 is 4.79 Å². The molecule has 2 aliphatic rings. The fraction of sp³-hybridized carbons (Fsp3) is 0.800. The first kappa shape index (κ1) is 5.20. The predicted molar refractivity (Wildman–Crippen MR) is 31.2 cm³/mol. The molecule has 4 heteroatoms. The van der Waals surface area contributed by atoms with E-state index in [1.54, 1.807) is 0 Å². The normalized spacial score (nSPS) is 40.7. The van der Waals surface area contributed by atoms with Gasteiger partial charge in [-0.15, -0.1) is 0 Å². The highest BCUT2D eigenvalue weighted by atomic mass is 16.2. The van der Waals surface area contributed by atoms with Crippen molar-refractivity contribution in [1.82, 2.24) is 16.2 Å². The minimum Gasteiger partial charge on any atom is -0.290 e. The monoisotopic (exact) mass is 127 g/mol. The van der Waals surface area contributed by atoms with Crippen LogP contribution in [0.3, 0.4) is 0 Å². The van der Waals surface area contributed by atoms with Crippen LogP contribution in [0.4, 0.5) is 0 Å². The third-order valence-electron chi connectivity index (χ3n) is 1.93. The lowest BCUT2D eigenvalue weighted by molar-refractivity contribution is -0.140. The van der Waals surface area contributed by atoms with Gasteiger partial charge >= 0.3 is 0 Å². The Kier molecular flexibility index (Phi) is 0.841. The number of hydrazine groups is 1. The second-order valence-electron chi connectivity index (χ2n) is 2.51. The Morgan fingerprint density at radius 2 is 2.44 bits per heavy atom. The Balaban J connectivity index is 2.14. The third kappa shape index (κ3) is 0.516. The third-order valence-corrected chi connectivity index (χ3v) is 1.93. The molecule has 9 heavy (non-hydrogen) atoms. The van der Waals surface area contributed by atoms with Gasteiger partial charge in [0.1, 0.15) is 0 Å². The molecule has 50 valence electrons. The van der Waals surface area contributed by atoms with Crippen LogP contribution in [0.5, 0.6) is 0 Å². The quantitative estimate of drug-likeness (QED) is 0.379. The van der Waals surface area contributed by atoms with Crippen molar-refractivity contribution in [3.8, 4) is 0 Å². The van der Waals surface area contributed by atoms with Crippen LogP contribution in [-0.2, 0) is 4.79 Å². The van der Waals surface area contributed by atoms with E-state index in [9.17, 15) is 4.79 Å². The number of hydrogen-bond donors (Lipinski definition) is 3. The molecule has 1 atom stereocenters. The van der Waals surface area contributed by atoms with E-state index in [2.05, 4.69) is 16.2 Å². The van der Waals surface area contributed by atoms with Gasteiger partial charge in [0.15, 0.2) is 5.66 Å². The highest BCUT2D eigenvalue weighted by Gasteiger charge is 2.47. The minimum absolute atomic E-state index is 0.0833. The van der Waals surface area contributed by atoms with E-state index in [0.717, 1.165) is 19.4 Å². The lowest BCUT2D eigenvalue weighted by Crippen LogP contribution is -2.78. The first-order chi connectivity index (χ1) is 4.33. The van der Waals surface area contributed by atoms with E-state index in [0.29, 0.717) is 0 Å². The smallest absolute Gasteiger partial charge is 0.270 e. The van der Waals surface area contributed by atoms with E-state index in [1.807, 2.05) is 0 Å². The number of amides is 1. The maximum atomic E-state index is 10.8. The molecule has 1 spiro atoms. The average Bonchev–Trinajstić information content (AvgIpc) is 2.34. The highest BCUT2D eigenvalue weighted by Crippen LogP contribution is 2.19. The summed E-state index contributed by atoms with van der Waals surface area (Å²) in [6, 6.07) is 0. The van der Waals surface area contributed by atoms with Crippen molar-refractivity contribution in [3.05, 3.63) is 0 Å². The van der Waals surface area contributed by atoms with Crippen molar-refractivity contribution in [2.75, 3.05) is 6.54 Å². The van der Waals surface area contributed by atoms with Gasteiger partial charge in [-0.1, -0.05) is 0 Å². The molecule has 1 unspecified atom stereocenters. The van der Waals surface area contributed by atoms with E-state index < -0.39 is 0 Å². The van der Waals surface area contributed by atoms with Crippen molar-refractivity contribution in [1.29, 1.82) is 0 Å². The van der Waals surface area contributed by atoms with Gasteiger partial charge in [-0.3, -0.25) is 15.5 Å². The number of carbonyl (C=O) groups is 1. The van der Waals surface area contributed by atoms with Gasteiger partial charge in [-0.25, -0.2) is 5.43 Å². The van der Waals surface area contributed by atoms with E-state index in [-0.39, 0.29) is 11.6 Å². The van der Waals surface area contributed by atoms with E-state index >= 15 is 0 Å². The molecular formula is C5H9N3O. The summed E-state index contributed by atoms with van der Waals surface area (Å²) in [5.74, 6) is 0.0833. The zero-order chi connectivity index (χ0) is 6.32. The molecule has 2 heterocycles. The minimum atomic E-state index is -0.375. The van der Waals surface area contributed by atoms with E-state index in [4.69, 9.17) is 0 Å². The van der Waals surface area contributed by atoms with Gasteiger partial charge in [0.25, 0.3) is 5.91 Å². The fourth-order valence-corrected chi connectivity index (χ4v) is 1.31. The standard InChI is InChI=1S/C5H9N3O/c9-4-5(8-7-4)2-1-3-6-5/h6,8H,1-3H2,(H,7,9). The SMILES string of the molecule is O=C1NNC12CCCN2. The second kappa shape index (κ2) is 1.46. The van der Waals surface area contributed by atoms with Crippen LogP contribution < -0.4 is 16.2 Å². The fourth-order valence-electron chi connectivity index (χ4n) is 1.31. The van der Waals surface area contributed by atoms with Crippen LogP contribution in [0.15, 0.2) is 0 Å². The first-order valence-corrected chi connectivity index (χ1v) is 3.16. The zero-order valence-electron chi connectivity index (χ0n) is 5.03. The van der Waals surface area contributed by atoms with Crippen molar-refractivity contribution in [2.24, 2.45) is 0 Å². The average molecular weight is 127 g/mol. The Bertz CT molecular complexity index is 150. The van der Waals surface area contributed by atoms with E-state index in [1.165, 1.54) is 0 Å². The summed E-state index contributed by atoms with van der Waals surface area (Å²) in [5.41, 5.74) is 4.97. The summed E-state index contributed by atoms with van der Waals surface area (Å²) in [6.45, 7) is 0.945. The molecule has 2 aliphatic heterocycles. The summed E-state index contributed by atoms with van der Waals surface area (Å²) >= 11 is 0. The van der Waals surface area contributed by atoms with Crippen molar-refractivity contribution in [3.63, 3.8) is 0 Å². The molecule has 0 aromatic rings. The number of rotatable bonds is 0. The van der Waals surface area contributed by atoms with Gasteiger partial charge in [-0.2, -0.15) is 0 Å². The van der Waals surface area contributed by atoms with Crippen LogP contribution in [0.25, 0.3) is 0 Å².